The number of ether oxygens (including phenoxy) is 1. The molecular formula is C15H15O4. The number of carboxylic acid groups (broad SMARTS) is 1. The Morgan fingerprint density at radius 1 is 1.42 bits per heavy atom. The Kier molecular flexibility index (Phi) is 5.06. The van der Waals surface area contributed by atoms with Crippen molar-refractivity contribution in [2.75, 3.05) is 7.11 Å². The van der Waals surface area contributed by atoms with Crippen molar-refractivity contribution in [3.8, 4) is 0 Å². The van der Waals surface area contributed by atoms with Crippen molar-refractivity contribution >= 4 is 17.5 Å². The quantitative estimate of drug-likeness (QED) is 0.501. The average Bonchev–Trinajstić information content (AvgIpc) is 2.37. The number of aryl methyl sites for hydroxylation is 1. The molecule has 0 aliphatic rings. The van der Waals surface area contributed by atoms with Crippen LogP contribution in [0, 0.1) is 13.5 Å². The number of benzene rings is 1. The molecule has 0 saturated carbocycles. The number of hydrogen-bond acceptors (Lipinski definition) is 3. The first-order chi connectivity index (χ1) is 8.99. The number of carbonyl (C=O) groups is 2. The molecule has 0 fully saturated rings. The van der Waals surface area contributed by atoms with Crippen LogP contribution in [0.4, 0.5) is 0 Å². The lowest BCUT2D eigenvalue weighted by Gasteiger charge is -2.10. The van der Waals surface area contributed by atoms with Gasteiger partial charge in [0.15, 0.2) is 0 Å². The van der Waals surface area contributed by atoms with Gasteiger partial charge in [0, 0.05) is 0 Å². The van der Waals surface area contributed by atoms with Crippen LogP contribution in [0.25, 0.3) is 5.57 Å². The van der Waals surface area contributed by atoms with Crippen LogP contribution in [0.5, 0.6) is 0 Å². The van der Waals surface area contributed by atoms with Crippen molar-refractivity contribution in [1.29, 1.82) is 0 Å². The van der Waals surface area contributed by atoms with E-state index >= 15 is 0 Å². The molecule has 1 aromatic rings. The van der Waals surface area contributed by atoms with Crippen LogP contribution in [0.3, 0.4) is 0 Å². The molecule has 0 amide bonds. The first-order valence-electron chi connectivity index (χ1n) is 5.64. The van der Waals surface area contributed by atoms with Crippen LogP contribution in [0.2, 0.25) is 0 Å². The summed E-state index contributed by atoms with van der Waals surface area (Å²) in [6.45, 7) is 7.44. The van der Waals surface area contributed by atoms with E-state index in [0.29, 0.717) is 11.1 Å². The molecule has 4 nitrogen and oxygen atoms in total. The predicted octanol–water partition coefficient (Wildman–Crippen LogP) is 2.39. The van der Waals surface area contributed by atoms with Gasteiger partial charge in [-0.3, -0.25) is 4.79 Å². The number of rotatable bonds is 5. The van der Waals surface area contributed by atoms with E-state index in [1.165, 1.54) is 13.2 Å². The Labute approximate surface area is 112 Å². The Bertz CT molecular complexity index is 541. The van der Waals surface area contributed by atoms with E-state index in [0.717, 1.165) is 5.56 Å². The molecule has 0 aromatic heterocycles. The first kappa shape index (κ1) is 14.7. The molecule has 0 heterocycles. The maximum Gasteiger partial charge on any atom is 0.334 e. The van der Waals surface area contributed by atoms with Crippen molar-refractivity contribution in [3.63, 3.8) is 0 Å². The van der Waals surface area contributed by atoms with Crippen LogP contribution in [0.1, 0.15) is 17.5 Å². The van der Waals surface area contributed by atoms with Gasteiger partial charge in [0.05, 0.1) is 19.1 Å². The lowest BCUT2D eigenvalue weighted by molar-refractivity contribution is -0.141. The minimum absolute atomic E-state index is 0.0306. The molecule has 0 aliphatic carbocycles. The minimum Gasteiger partial charge on any atom is -0.481 e. The highest BCUT2D eigenvalue weighted by atomic mass is 16.5. The second-order valence-corrected chi connectivity index (χ2v) is 3.99. The maximum absolute atomic E-state index is 11.7. The van der Waals surface area contributed by atoms with Gasteiger partial charge < -0.3 is 9.84 Å². The summed E-state index contributed by atoms with van der Waals surface area (Å²) in [5.74, 6) is -1.81. The summed E-state index contributed by atoms with van der Waals surface area (Å²) in [4.78, 5) is 22.5. The number of allylic oxidation sites excluding steroid dienone is 2. The molecule has 1 radical (unpaired) electrons. The topological polar surface area (TPSA) is 63.6 Å². The van der Waals surface area contributed by atoms with Crippen LogP contribution < -0.4 is 0 Å². The highest BCUT2D eigenvalue weighted by molar-refractivity contribution is 6.03. The molecule has 0 spiro atoms. The second-order valence-electron chi connectivity index (χ2n) is 3.99. The number of aliphatic carboxylic acids is 1. The molecule has 1 aromatic carbocycles. The molecule has 19 heavy (non-hydrogen) atoms. The van der Waals surface area contributed by atoms with Gasteiger partial charge in [0.2, 0.25) is 0 Å². The van der Waals surface area contributed by atoms with Crippen molar-refractivity contribution in [2.45, 2.75) is 13.3 Å². The lowest BCUT2D eigenvalue weighted by atomic mass is 9.96. The standard InChI is InChI=1S/C15H15O4/c1-4-12(11-7-5-6-10(2)8-11)13(9-14(16)17)15(18)19-3/h1,4-8H,9H2,2-3H3,(H,16,17)/b4-1?,13-12-. The predicted molar refractivity (Wildman–Crippen MR) is 71.2 cm³/mol. The molecule has 0 saturated heterocycles. The Morgan fingerprint density at radius 2 is 2.11 bits per heavy atom. The molecule has 99 valence electrons. The summed E-state index contributed by atoms with van der Waals surface area (Å²) in [6, 6.07) is 7.29. The number of carbonyl (C=O) groups excluding carboxylic acids is 1. The van der Waals surface area contributed by atoms with Crippen molar-refractivity contribution in [3.05, 3.63) is 53.6 Å². The molecular weight excluding hydrogens is 244 g/mol. The summed E-state index contributed by atoms with van der Waals surface area (Å²) in [7, 11) is 1.20. The Balaban J connectivity index is 3.40. The van der Waals surface area contributed by atoms with E-state index in [2.05, 4.69) is 4.74 Å². The fourth-order valence-corrected chi connectivity index (χ4v) is 1.74. The van der Waals surface area contributed by atoms with Crippen LogP contribution in [-0.4, -0.2) is 24.2 Å². The van der Waals surface area contributed by atoms with Crippen LogP contribution >= 0.6 is 0 Å². The normalized spacial score (nSPS) is 11.5. The van der Waals surface area contributed by atoms with Gasteiger partial charge in [-0.1, -0.05) is 42.5 Å². The van der Waals surface area contributed by atoms with Gasteiger partial charge in [-0.05, 0) is 18.1 Å². The van der Waals surface area contributed by atoms with Gasteiger partial charge in [0.1, 0.15) is 0 Å². The summed E-state index contributed by atoms with van der Waals surface area (Å²) >= 11 is 0. The third-order valence-electron chi connectivity index (χ3n) is 2.58. The fraction of sp³-hybridized carbons (Fsp3) is 0.200. The zero-order chi connectivity index (χ0) is 14.4. The first-order valence-corrected chi connectivity index (χ1v) is 5.64. The molecule has 0 bridgehead atoms. The SMILES string of the molecule is [CH]=C/C(=C(\CC(=O)O)C(=O)OC)c1cccc(C)c1. The third kappa shape index (κ3) is 3.81. The second kappa shape index (κ2) is 6.54. The number of carboxylic acids is 1. The Hall–Kier alpha value is -2.36. The molecule has 0 unspecified atom stereocenters. The highest BCUT2D eigenvalue weighted by Crippen LogP contribution is 2.24. The lowest BCUT2D eigenvalue weighted by Crippen LogP contribution is -2.11. The summed E-state index contributed by atoms with van der Waals surface area (Å²) in [6.07, 6.45) is 0.785. The number of esters is 1. The summed E-state index contributed by atoms with van der Waals surface area (Å²) in [5, 5.41) is 8.88. The van der Waals surface area contributed by atoms with Gasteiger partial charge in [-0.25, -0.2) is 4.79 Å². The van der Waals surface area contributed by atoms with Gasteiger partial charge >= 0.3 is 11.9 Å². The number of methoxy groups -OCH3 is 1. The maximum atomic E-state index is 11.7. The average molecular weight is 259 g/mol. The van der Waals surface area contributed by atoms with Crippen LogP contribution in [0.15, 0.2) is 35.9 Å². The summed E-state index contributed by atoms with van der Waals surface area (Å²) < 4.78 is 4.61. The van der Waals surface area contributed by atoms with E-state index in [-0.39, 0.29) is 5.57 Å². The zero-order valence-electron chi connectivity index (χ0n) is 10.8. The minimum atomic E-state index is -1.12. The van der Waals surface area contributed by atoms with E-state index in [1.54, 1.807) is 6.07 Å². The van der Waals surface area contributed by atoms with Gasteiger partial charge in [0.25, 0.3) is 0 Å². The van der Waals surface area contributed by atoms with E-state index in [1.807, 2.05) is 25.1 Å². The largest absolute Gasteiger partial charge is 0.481 e. The van der Waals surface area contributed by atoms with Crippen LogP contribution in [-0.2, 0) is 14.3 Å². The van der Waals surface area contributed by atoms with Crippen molar-refractivity contribution < 1.29 is 19.4 Å². The summed E-state index contributed by atoms with van der Waals surface area (Å²) in [5.41, 5.74) is 2.07. The third-order valence-corrected chi connectivity index (χ3v) is 2.58. The zero-order valence-corrected chi connectivity index (χ0v) is 10.8. The van der Waals surface area contributed by atoms with Crippen molar-refractivity contribution in [1.82, 2.24) is 0 Å². The van der Waals surface area contributed by atoms with E-state index < -0.39 is 18.4 Å². The highest BCUT2D eigenvalue weighted by Gasteiger charge is 2.18. The molecule has 1 rings (SSSR count). The molecule has 1 N–H and O–H groups in total. The van der Waals surface area contributed by atoms with Crippen molar-refractivity contribution in [2.24, 2.45) is 0 Å². The molecule has 0 aliphatic heterocycles. The smallest absolute Gasteiger partial charge is 0.334 e. The molecule has 0 atom stereocenters. The fourth-order valence-electron chi connectivity index (χ4n) is 1.74. The monoisotopic (exact) mass is 259 g/mol. The number of hydrogen-bond donors (Lipinski definition) is 1. The Morgan fingerprint density at radius 3 is 2.58 bits per heavy atom. The van der Waals surface area contributed by atoms with E-state index in [4.69, 9.17) is 11.7 Å². The van der Waals surface area contributed by atoms with Gasteiger partial charge in [-0.15, -0.1) is 0 Å². The van der Waals surface area contributed by atoms with Gasteiger partial charge in [-0.2, -0.15) is 0 Å². The molecule has 4 heteroatoms. The van der Waals surface area contributed by atoms with E-state index in [9.17, 15) is 9.59 Å².